The number of nitrogens with one attached hydrogen (secondary N) is 1. The molecule has 0 bridgehead atoms. The van der Waals surface area contributed by atoms with E-state index in [0.29, 0.717) is 30.1 Å². The van der Waals surface area contributed by atoms with E-state index in [0.717, 1.165) is 9.32 Å². The van der Waals surface area contributed by atoms with Crippen LogP contribution in [0.5, 0.6) is 5.75 Å². The minimum atomic E-state index is -3.51. The smallest absolute Gasteiger partial charge is 0.255 e. The number of methoxy groups -OCH3 is 1. The molecule has 0 radical (unpaired) electrons. The van der Waals surface area contributed by atoms with Crippen molar-refractivity contribution in [1.82, 2.24) is 4.31 Å². The number of hydrogen-bond acceptors (Lipinski definition) is 5. The van der Waals surface area contributed by atoms with E-state index >= 15 is 0 Å². The predicted molar refractivity (Wildman–Crippen MR) is 121 cm³/mol. The highest BCUT2D eigenvalue weighted by Crippen LogP contribution is 2.26. The lowest BCUT2D eigenvalue weighted by Crippen LogP contribution is -2.40. The highest BCUT2D eigenvalue weighted by Gasteiger charge is 2.28. The first-order chi connectivity index (χ1) is 13.3. The highest BCUT2D eigenvalue weighted by atomic mass is 127. The van der Waals surface area contributed by atoms with Gasteiger partial charge in [-0.15, -0.1) is 0 Å². The SMILES string of the molecule is COc1ccc(C(=O)Nc2ccc(S(=O)(=O)N3CCSC(C)C3)cc2)cc1I. The van der Waals surface area contributed by atoms with Crippen LogP contribution in [0.25, 0.3) is 0 Å². The van der Waals surface area contributed by atoms with Gasteiger partial charge in [0.25, 0.3) is 5.91 Å². The molecule has 1 atom stereocenters. The molecule has 2 aromatic carbocycles. The number of benzene rings is 2. The molecular formula is C19H21IN2O4S2. The van der Waals surface area contributed by atoms with Gasteiger partial charge in [0.15, 0.2) is 0 Å². The van der Waals surface area contributed by atoms with Crippen LogP contribution in [0, 0.1) is 3.57 Å². The van der Waals surface area contributed by atoms with Gasteiger partial charge in [-0.1, -0.05) is 6.92 Å². The van der Waals surface area contributed by atoms with E-state index in [1.807, 2.05) is 6.92 Å². The van der Waals surface area contributed by atoms with E-state index in [2.05, 4.69) is 27.9 Å². The van der Waals surface area contributed by atoms with Gasteiger partial charge in [-0.25, -0.2) is 8.42 Å². The second-order valence-corrected chi connectivity index (χ2v) is 11.0. The van der Waals surface area contributed by atoms with E-state index in [1.165, 1.54) is 16.4 Å². The van der Waals surface area contributed by atoms with Crippen LogP contribution in [0.15, 0.2) is 47.4 Å². The molecule has 6 nitrogen and oxygen atoms in total. The Labute approximate surface area is 183 Å². The fourth-order valence-corrected chi connectivity index (χ4v) is 6.36. The third kappa shape index (κ3) is 4.81. The number of rotatable bonds is 5. The summed E-state index contributed by atoms with van der Waals surface area (Å²) in [5.74, 6) is 1.24. The minimum Gasteiger partial charge on any atom is -0.496 e. The Hall–Kier alpha value is -1.30. The number of ether oxygens (including phenoxy) is 1. The lowest BCUT2D eigenvalue weighted by Gasteiger charge is -2.29. The number of halogens is 1. The van der Waals surface area contributed by atoms with Crippen LogP contribution in [-0.4, -0.2) is 49.8 Å². The average molecular weight is 532 g/mol. The Morgan fingerprint density at radius 1 is 1.25 bits per heavy atom. The van der Waals surface area contributed by atoms with Crippen LogP contribution in [0.4, 0.5) is 5.69 Å². The first-order valence-electron chi connectivity index (χ1n) is 8.68. The summed E-state index contributed by atoms with van der Waals surface area (Å²) in [6.45, 7) is 3.07. The number of nitrogens with zero attached hydrogens (tertiary/aromatic N) is 1. The summed E-state index contributed by atoms with van der Waals surface area (Å²) >= 11 is 3.89. The van der Waals surface area contributed by atoms with E-state index in [-0.39, 0.29) is 16.1 Å². The number of carbonyl (C=O) groups excluding carboxylic acids is 1. The van der Waals surface area contributed by atoms with E-state index < -0.39 is 10.0 Å². The van der Waals surface area contributed by atoms with Crippen LogP contribution in [0.3, 0.4) is 0 Å². The molecule has 1 fully saturated rings. The maximum absolute atomic E-state index is 12.8. The molecule has 1 heterocycles. The monoisotopic (exact) mass is 532 g/mol. The molecule has 0 aliphatic carbocycles. The normalized spacial score (nSPS) is 17.9. The Kier molecular flexibility index (Phi) is 6.89. The fourth-order valence-electron chi connectivity index (χ4n) is 2.87. The minimum absolute atomic E-state index is 0.239. The standard InChI is InChI=1S/C19H21IN2O4S2/c1-13-12-22(9-10-27-13)28(24,25)16-6-4-15(5-7-16)21-19(23)14-3-8-18(26-2)17(20)11-14/h3-8,11,13H,9-10,12H2,1-2H3,(H,21,23). The van der Waals surface area contributed by atoms with Gasteiger partial charge in [0.05, 0.1) is 15.6 Å². The maximum atomic E-state index is 12.8. The molecule has 0 aromatic heterocycles. The van der Waals surface area contributed by atoms with Gasteiger partial charge in [0.2, 0.25) is 10.0 Å². The molecular weight excluding hydrogens is 511 g/mol. The van der Waals surface area contributed by atoms with Gasteiger partial charge in [0, 0.05) is 35.3 Å². The molecule has 0 spiro atoms. The Morgan fingerprint density at radius 3 is 2.57 bits per heavy atom. The van der Waals surface area contributed by atoms with Crippen LogP contribution in [-0.2, 0) is 10.0 Å². The van der Waals surface area contributed by atoms with Crippen molar-refractivity contribution in [1.29, 1.82) is 0 Å². The lowest BCUT2D eigenvalue weighted by atomic mass is 10.2. The zero-order valence-corrected chi connectivity index (χ0v) is 19.3. The van der Waals surface area contributed by atoms with E-state index in [1.54, 1.807) is 49.2 Å². The number of sulfonamides is 1. The highest BCUT2D eigenvalue weighted by molar-refractivity contribution is 14.1. The summed E-state index contributed by atoms with van der Waals surface area (Å²) < 4.78 is 33.2. The van der Waals surface area contributed by atoms with Crippen LogP contribution >= 0.6 is 34.4 Å². The van der Waals surface area contributed by atoms with Crippen molar-refractivity contribution in [2.45, 2.75) is 17.1 Å². The third-order valence-corrected chi connectivity index (χ3v) is 8.23. The zero-order valence-electron chi connectivity index (χ0n) is 15.5. The van der Waals surface area contributed by atoms with Crippen molar-refractivity contribution in [2.75, 3.05) is 31.3 Å². The summed E-state index contributed by atoms with van der Waals surface area (Å²) in [4.78, 5) is 12.7. The largest absolute Gasteiger partial charge is 0.496 e. The van der Waals surface area contributed by atoms with Gasteiger partial charge in [0.1, 0.15) is 5.75 Å². The van der Waals surface area contributed by atoms with Crippen molar-refractivity contribution in [3.05, 3.63) is 51.6 Å². The number of anilines is 1. The summed E-state index contributed by atoms with van der Waals surface area (Å²) in [5, 5.41) is 3.08. The van der Waals surface area contributed by atoms with Gasteiger partial charge in [-0.3, -0.25) is 4.79 Å². The average Bonchev–Trinajstić information content (AvgIpc) is 2.68. The molecule has 1 aliphatic heterocycles. The van der Waals surface area contributed by atoms with Crippen molar-refractivity contribution >= 4 is 56.0 Å². The molecule has 2 aromatic rings. The van der Waals surface area contributed by atoms with Gasteiger partial charge in [-0.2, -0.15) is 16.1 Å². The van der Waals surface area contributed by atoms with Crippen LogP contribution in [0.1, 0.15) is 17.3 Å². The number of hydrogen-bond donors (Lipinski definition) is 1. The summed E-state index contributed by atoms with van der Waals surface area (Å²) in [5.41, 5.74) is 1.04. The fraction of sp³-hybridized carbons (Fsp3) is 0.316. The Morgan fingerprint density at radius 2 is 1.96 bits per heavy atom. The second kappa shape index (κ2) is 9.02. The molecule has 1 N–H and O–H groups in total. The number of carbonyl (C=O) groups is 1. The maximum Gasteiger partial charge on any atom is 0.255 e. The Bertz CT molecular complexity index is 964. The quantitative estimate of drug-likeness (QED) is 0.595. The first-order valence-corrected chi connectivity index (χ1v) is 12.2. The van der Waals surface area contributed by atoms with Crippen molar-refractivity contribution < 1.29 is 17.9 Å². The van der Waals surface area contributed by atoms with Crippen LogP contribution in [0.2, 0.25) is 0 Å². The molecule has 1 amide bonds. The number of amides is 1. The molecule has 1 unspecified atom stereocenters. The van der Waals surface area contributed by atoms with E-state index in [4.69, 9.17) is 4.74 Å². The second-order valence-electron chi connectivity index (χ2n) is 6.37. The van der Waals surface area contributed by atoms with Gasteiger partial charge < -0.3 is 10.1 Å². The van der Waals surface area contributed by atoms with E-state index in [9.17, 15) is 13.2 Å². The molecule has 150 valence electrons. The van der Waals surface area contributed by atoms with Crippen molar-refractivity contribution in [3.63, 3.8) is 0 Å². The molecule has 9 heteroatoms. The van der Waals surface area contributed by atoms with Gasteiger partial charge >= 0.3 is 0 Å². The Balaban J connectivity index is 1.72. The van der Waals surface area contributed by atoms with Crippen molar-refractivity contribution in [3.8, 4) is 5.75 Å². The summed E-state index contributed by atoms with van der Waals surface area (Å²) in [6.07, 6.45) is 0. The van der Waals surface area contributed by atoms with Crippen molar-refractivity contribution in [2.24, 2.45) is 0 Å². The topological polar surface area (TPSA) is 75.7 Å². The lowest BCUT2D eigenvalue weighted by molar-refractivity contribution is 0.102. The molecule has 28 heavy (non-hydrogen) atoms. The molecule has 1 saturated heterocycles. The predicted octanol–water partition coefficient (Wildman–Crippen LogP) is 3.68. The molecule has 3 rings (SSSR count). The summed E-state index contributed by atoms with van der Waals surface area (Å²) in [6, 6.07) is 11.5. The first kappa shape index (κ1) is 21.4. The molecule has 1 aliphatic rings. The molecule has 0 saturated carbocycles. The van der Waals surface area contributed by atoms with Gasteiger partial charge in [-0.05, 0) is 65.1 Å². The third-order valence-electron chi connectivity index (χ3n) is 4.37. The van der Waals surface area contributed by atoms with Crippen LogP contribution < -0.4 is 10.1 Å². The zero-order chi connectivity index (χ0) is 20.3. The number of thioether (sulfide) groups is 1. The summed E-state index contributed by atoms with van der Waals surface area (Å²) in [7, 11) is -1.93.